The summed E-state index contributed by atoms with van der Waals surface area (Å²) in [7, 11) is 0. The Morgan fingerprint density at radius 3 is 2.44 bits per heavy atom. The van der Waals surface area contributed by atoms with Gasteiger partial charge in [-0.2, -0.15) is 0 Å². The van der Waals surface area contributed by atoms with Crippen molar-refractivity contribution in [3.8, 4) is 11.4 Å². The number of ether oxygens (including phenoxy) is 1. The van der Waals surface area contributed by atoms with Gasteiger partial charge in [0, 0.05) is 16.8 Å². The zero-order chi connectivity index (χ0) is 22.2. The van der Waals surface area contributed by atoms with Crippen molar-refractivity contribution >= 4 is 10.9 Å². The Morgan fingerprint density at radius 1 is 1.00 bits per heavy atom. The van der Waals surface area contributed by atoms with Crippen LogP contribution in [0.2, 0.25) is 0 Å². The van der Waals surface area contributed by atoms with Crippen LogP contribution in [0.25, 0.3) is 16.6 Å². The minimum Gasteiger partial charge on any atom is -0.489 e. The number of aromatic nitrogens is 1. The summed E-state index contributed by atoms with van der Waals surface area (Å²) in [5.74, 6) is 1.68. The highest BCUT2D eigenvalue weighted by molar-refractivity contribution is 5.89. The van der Waals surface area contributed by atoms with Crippen molar-refractivity contribution in [3.05, 3.63) is 94.9 Å². The van der Waals surface area contributed by atoms with Gasteiger partial charge in [0.2, 0.25) is 0 Å². The van der Waals surface area contributed by atoms with E-state index < -0.39 is 0 Å². The van der Waals surface area contributed by atoms with Crippen LogP contribution < -0.4 is 4.74 Å². The maximum absolute atomic E-state index is 14.0. The van der Waals surface area contributed by atoms with Crippen molar-refractivity contribution in [3.63, 3.8) is 0 Å². The van der Waals surface area contributed by atoms with Gasteiger partial charge in [-0.1, -0.05) is 50.6 Å². The lowest BCUT2D eigenvalue weighted by Gasteiger charge is -2.28. The fraction of sp³-hybridized carbons (Fsp3) is 0.310. The zero-order valence-corrected chi connectivity index (χ0v) is 19.1. The average molecular weight is 428 g/mol. The lowest BCUT2D eigenvalue weighted by Crippen LogP contribution is -2.13. The number of fused-ring (bicyclic) bond motifs is 1. The van der Waals surface area contributed by atoms with Crippen molar-refractivity contribution in [2.45, 2.75) is 58.5 Å². The van der Waals surface area contributed by atoms with Gasteiger partial charge < -0.3 is 9.30 Å². The summed E-state index contributed by atoms with van der Waals surface area (Å²) in [4.78, 5) is 0. The predicted octanol–water partition coefficient (Wildman–Crippen LogP) is 8.05. The minimum absolute atomic E-state index is 0.160. The topological polar surface area (TPSA) is 14.2 Å². The van der Waals surface area contributed by atoms with Gasteiger partial charge in [0.25, 0.3) is 0 Å². The SMILES string of the molecule is Cc1cc(-n2c(C(C)C)c(C3CCC3)c3cc(OCc4ccccc4)ccc32)ccc1F. The number of benzene rings is 3. The van der Waals surface area contributed by atoms with Crippen molar-refractivity contribution in [1.29, 1.82) is 0 Å². The summed E-state index contributed by atoms with van der Waals surface area (Å²) in [5, 5.41) is 1.27. The lowest BCUT2D eigenvalue weighted by atomic mass is 9.77. The summed E-state index contributed by atoms with van der Waals surface area (Å²) in [6.07, 6.45) is 3.75. The summed E-state index contributed by atoms with van der Waals surface area (Å²) in [6.45, 7) is 6.91. The normalized spacial score (nSPS) is 14.2. The van der Waals surface area contributed by atoms with Gasteiger partial charge >= 0.3 is 0 Å². The summed E-state index contributed by atoms with van der Waals surface area (Å²) >= 11 is 0. The van der Waals surface area contributed by atoms with Crippen LogP contribution in [0.15, 0.2) is 66.7 Å². The Hall–Kier alpha value is -3.07. The van der Waals surface area contributed by atoms with E-state index in [2.05, 4.69) is 48.7 Å². The first-order valence-electron chi connectivity index (χ1n) is 11.6. The van der Waals surface area contributed by atoms with Crippen LogP contribution in [0, 0.1) is 12.7 Å². The molecule has 0 radical (unpaired) electrons. The first-order valence-corrected chi connectivity index (χ1v) is 11.6. The summed E-state index contributed by atoms with van der Waals surface area (Å²) in [5.41, 5.74) is 6.83. The van der Waals surface area contributed by atoms with Gasteiger partial charge in [-0.25, -0.2) is 4.39 Å². The van der Waals surface area contributed by atoms with Gasteiger partial charge in [0.1, 0.15) is 18.2 Å². The highest BCUT2D eigenvalue weighted by Gasteiger charge is 2.30. The first-order chi connectivity index (χ1) is 15.5. The molecule has 1 saturated carbocycles. The van der Waals surface area contributed by atoms with Gasteiger partial charge in [-0.15, -0.1) is 0 Å². The highest BCUT2D eigenvalue weighted by Crippen LogP contribution is 2.46. The molecular weight excluding hydrogens is 397 g/mol. The molecule has 0 N–H and O–H groups in total. The number of hydrogen-bond acceptors (Lipinski definition) is 1. The smallest absolute Gasteiger partial charge is 0.126 e. The van der Waals surface area contributed by atoms with E-state index in [1.807, 2.05) is 37.3 Å². The fourth-order valence-electron chi connectivity index (χ4n) is 4.89. The van der Waals surface area contributed by atoms with Gasteiger partial charge in [-0.05, 0) is 84.7 Å². The Labute approximate surface area is 189 Å². The number of nitrogens with zero attached hydrogens (tertiary/aromatic N) is 1. The second kappa shape index (κ2) is 8.46. The molecule has 164 valence electrons. The molecule has 3 aromatic carbocycles. The van der Waals surface area contributed by atoms with Crippen molar-refractivity contribution in [2.24, 2.45) is 0 Å². The van der Waals surface area contributed by atoms with Crippen molar-refractivity contribution in [1.82, 2.24) is 4.57 Å². The van der Waals surface area contributed by atoms with Crippen LogP contribution in [0.5, 0.6) is 5.75 Å². The molecule has 3 heteroatoms. The molecule has 0 spiro atoms. The third-order valence-corrected chi connectivity index (χ3v) is 6.72. The van der Waals surface area contributed by atoms with E-state index >= 15 is 0 Å². The number of rotatable bonds is 6. The average Bonchev–Trinajstić information content (AvgIpc) is 3.08. The minimum atomic E-state index is -0.160. The molecular formula is C29H30FNO. The zero-order valence-electron chi connectivity index (χ0n) is 19.1. The molecule has 5 rings (SSSR count). The van der Waals surface area contributed by atoms with Crippen molar-refractivity contribution < 1.29 is 9.13 Å². The third kappa shape index (κ3) is 3.70. The molecule has 32 heavy (non-hydrogen) atoms. The van der Waals surface area contributed by atoms with Crippen LogP contribution in [0.4, 0.5) is 4.39 Å². The van der Waals surface area contributed by atoms with E-state index in [1.165, 1.54) is 41.4 Å². The number of hydrogen-bond donors (Lipinski definition) is 0. The molecule has 1 aliphatic carbocycles. The van der Waals surface area contributed by atoms with E-state index in [4.69, 9.17) is 4.74 Å². The Balaban J connectivity index is 1.65. The molecule has 1 fully saturated rings. The fourth-order valence-corrected chi connectivity index (χ4v) is 4.89. The second-order valence-corrected chi connectivity index (χ2v) is 9.30. The molecule has 0 aliphatic heterocycles. The van der Waals surface area contributed by atoms with Gasteiger partial charge in [0.05, 0.1) is 5.52 Å². The molecule has 0 saturated heterocycles. The maximum Gasteiger partial charge on any atom is 0.126 e. The molecule has 2 nitrogen and oxygen atoms in total. The van der Waals surface area contributed by atoms with Crippen LogP contribution >= 0.6 is 0 Å². The first kappa shape index (κ1) is 20.8. The molecule has 0 amide bonds. The summed E-state index contributed by atoms with van der Waals surface area (Å²) in [6, 6.07) is 22.2. The van der Waals surface area contributed by atoms with Crippen LogP contribution in [0.3, 0.4) is 0 Å². The number of aryl methyl sites for hydroxylation is 1. The predicted molar refractivity (Wildman–Crippen MR) is 129 cm³/mol. The Morgan fingerprint density at radius 2 is 1.78 bits per heavy atom. The van der Waals surface area contributed by atoms with Crippen LogP contribution in [-0.4, -0.2) is 4.57 Å². The molecule has 0 unspecified atom stereocenters. The third-order valence-electron chi connectivity index (χ3n) is 6.72. The standard InChI is InChI=1S/C29H30FNO/c1-19(2)29-28(22-10-7-11-22)25-17-24(32-18-21-8-5-4-6-9-21)13-15-27(25)31(29)23-12-14-26(30)20(3)16-23/h4-6,8-9,12-17,19,22H,7,10-11,18H2,1-3H3. The van der Waals surface area contributed by atoms with E-state index in [1.54, 1.807) is 6.07 Å². The van der Waals surface area contributed by atoms with E-state index in [0.717, 1.165) is 17.0 Å². The van der Waals surface area contributed by atoms with E-state index in [9.17, 15) is 4.39 Å². The monoisotopic (exact) mass is 427 g/mol. The molecule has 1 aromatic heterocycles. The molecule has 0 atom stereocenters. The maximum atomic E-state index is 14.0. The number of halogens is 1. The van der Waals surface area contributed by atoms with Crippen molar-refractivity contribution in [2.75, 3.05) is 0 Å². The molecule has 0 bridgehead atoms. The Kier molecular flexibility index (Phi) is 5.50. The van der Waals surface area contributed by atoms with Crippen LogP contribution in [0.1, 0.15) is 67.3 Å². The lowest BCUT2D eigenvalue weighted by molar-refractivity contribution is 0.306. The molecule has 4 aromatic rings. The van der Waals surface area contributed by atoms with Gasteiger partial charge in [-0.3, -0.25) is 0 Å². The van der Waals surface area contributed by atoms with Crippen LogP contribution in [-0.2, 0) is 6.61 Å². The Bertz CT molecular complexity index is 1250. The van der Waals surface area contributed by atoms with E-state index in [0.29, 0.717) is 24.0 Å². The highest BCUT2D eigenvalue weighted by atomic mass is 19.1. The van der Waals surface area contributed by atoms with E-state index in [-0.39, 0.29) is 5.82 Å². The quantitative estimate of drug-likeness (QED) is 0.304. The second-order valence-electron chi connectivity index (χ2n) is 9.30. The molecule has 1 aliphatic rings. The largest absolute Gasteiger partial charge is 0.489 e. The molecule has 1 heterocycles. The van der Waals surface area contributed by atoms with Gasteiger partial charge in [0.15, 0.2) is 0 Å². The summed E-state index contributed by atoms with van der Waals surface area (Å²) < 4.78 is 22.6.